The molecular formula is C18H20N2O5. The van der Waals surface area contributed by atoms with E-state index in [-0.39, 0.29) is 12.1 Å². The molecule has 3 rings (SSSR count). The van der Waals surface area contributed by atoms with Gasteiger partial charge < -0.3 is 14.1 Å². The number of carbonyl (C=O) groups is 2. The van der Waals surface area contributed by atoms with E-state index in [1.807, 2.05) is 18.0 Å². The van der Waals surface area contributed by atoms with E-state index in [1.54, 1.807) is 24.3 Å². The number of benzene rings is 1. The second-order valence-electron chi connectivity index (χ2n) is 6.11. The van der Waals surface area contributed by atoms with E-state index in [2.05, 4.69) is 0 Å². The summed E-state index contributed by atoms with van der Waals surface area (Å²) in [7, 11) is 3.14. The highest BCUT2D eigenvalue weighted by atomic mass is 16.5. The molecule has 132 valence electrons. The van der Waals surface area contributed by atoms with Crippen LogP contribution in [-0.4, -0.2) is 61.5 Å². The minimum atomic E-state index is -0.670. The molecule has 7 heteroatoms. The fourth-order valence-electron chi connectivity index (χ4n) is 3.06. The zero-order valence-electron chi connectivity index (χ0n) is 14.2. The number of ether oxygens (including phenoxy) is 1. The number of methoxy groups -OCH3 is 1. The summed E-state index contributed by atoms with van der Waals surface area (Å²) in [5.41, 5.74) is -0.255. The first-order valence-electron chi connectivity index (χ1n) is 8.11. The van der Waals surface area contributed by atoms with Crippen LogP contribution in [0.25, 0.3) is 11.0 Å². The standard InChI is InChI=1S/C18H20N2O5/c1-19-8-5-9-20(11-14(19)18(23)24-2)16(21)13-10-12-6-3-4-7-15(12)25-17(13)22/h3-4,6-7,10,14H,5,8-9,11H2,1-2H3. The molecular weight excluding hydrogens is 324 g/mol. The van der Waals surface area contributed by atoms with Gasteiger partial charge in [-0.05, 0) is 25.6 Å². The monoisotopic (exact) mass is 344 g/mol. The first-order valence-corrected chi connectivity index (χ1v) is 8.11. The van der Waals surface area contributed by atoms with Gasteiger partial charge in [0.15, 0.2) is 0 Å². The van der Waals surface area contributed by atoms with Gasteiger partial charge in [-0.25, -0.2) is 4.79 Å². The highest BCUT2D eigenvalue weighted by Crippen LogP contribution is 2.16. The maximum atomic E-state index is 12.9. The Morgan fingerprint density at radius 1 is 1.24 bits per heavy atom. The van der Waals surface area contributed by atoms with Crippen molar-refractivity contribution >= 4 is 22.8 Å². The van der Waals surface area contributed by atoms with Crippen LogP contribution in [0, 0.1) is 0 Å². The zero-order valence-corrected chi connectivity index (χ0v) is 14.2. The molecule has 0 saturated carbocycles. The largest absolute Gasteiger partial charge is 0.468 e. The maximum absolute atomic E-state index is 12.9. The van der Waals surface area contributed by atoms with Crippen molar-refractivity contribution in [3.63, 3.8) is 0 Å². The minimum Gasteiger partial charge on any atom is -0.468 e. The molecule has 1 unspecified atom stereocenters. The van der Waals surface area contributed by atoms with Gasteiger partial charge in [0.2, 0.25) is 0 Å². The number of fused-ring (bicyclic) bond motifs is 1. The molecule has 7 nitrogen and oxygen atoms in total. The highest BCUT2D eigenvalue weighted by molar-refractivity contribution is 5.97. The van der Waals surface area contributed by atoms with Crippen molar-refractivity contribution in [2.45, 2.75) is 12.5 Å². The first-order chi connectivity index (χ1) is 12.0. The number of amides is 1. The average Bonchev–Trinajstić information content (AvgIpc) is 2.81. The smallest absolute Gasteiger partial charge is 0.349 e. The fourth-order valence-corrected chi connectivity index (χ4v) is 3.06. The van der Waals surface area contributed by atoms with Gasteiger partial charge in [-0.2, -0.15) is 0 Å². The van der Waals surface area contributed by atoms with Crippen molar-refractivity contribution in [1.82, 2.24) is 9.80 Å². The minimum absolute atomic E-state index is 0.0214. The van der Waals surface area contributed by atoms with Crippen LogP contribution < -0.4 is 5.63 Å². The third-order valence-electron chi connectivity index (χ3n) is 4.50. The molecule has 1 aromatic carbocycles. The van der Waals surface area contributed by atoms with E-state index in [4.69, 9.17) is 9.15 Å². The Bertz CT molecular complexity index is 860. The van der Waals surface area contributed by atoms with E-state index in [0.717, 1.165) is 0 Å². The van der Waals surface area contributed by atoms with Crippen LogP contribution in [0.2, 0.25) is 0 Å². The summed E-state index contributed by atoms with van der Waals surface area (Å²) in [6, 6.07) is 8.03. The number of para-hydroxylation sites is 1. The van der Waals surface area contributed by atoms with E-state index < -0.39 is 23.5 Å². The Morgan fingerprint density at radius 3 is 2.76 bits per heavy atom. The van der Waals surface area contributed by atoms with Gasteiger partial charge in [0, 0.05) is 25.0 Å². The van der Waals surface area contributed by atoms with Crippen molar-refractivity contribution in [1.29, 1.82) is 0 Å². The first kappa shape index (κ1) is 17.2. The molecule has 1 amide bonds. The zero-order chi connectivity index (χ0) is 18.0. The molecule has 1 aliphatic rings. The van der Waals surface area contributed by atoms with Crippen molar-refractivity contribution in [3.8, 4) is 0 Å². The number of rotatable bonds is 2. The van der Waals surface area contributed by atoms with Crippen LogP contribution in [0.4, 0.5) is 0 Å². The lowest BCUT2D eigenvalue weighted by atomic mass is 10.1. The number of hydrogen-bond donors (Lipinski definition) is 0. The summed E-state index contributed by atoms with van der Waals surface area (Å²) >= 11 is 0. The third kappa shape index (κ3) is 3.41. The quantitative estimate of drug-likeness (QED) is 0.600. The molecule has 2 aromatic rings. The molecule has 25 heavy (non-hydrogen) atoms. The summed E-state index contributed by atoms with van der Waals surface area (Å²) in [4.78, 5) is 40.5. The molecule has 1 aromatic heterocycles. The van der Waals surface area contributed by atoms with Gasteiger partial charge in [0.25, 0.3) is 5.91 Å². The SMILES string of the molecule is COC(=O)C1CN(C(=O)c2cc3ccccc3oc2=O)CCCN1C. The van der Waals surface area contributed by atoms with Crippen molar-refractivity contribution in [3.05, 3.63) is 46.3 Å². The van der Waals surface area contributed by atoms with E-state index in [1.165, 1.54) is 12.0 Å². The lowest BCUT2D eigenvalue weighted by molar-refractivity contribution is -0.146. The van der Waals surface area contributed by atoms with Gasteiger partial charge in [-0.15, -0.1) is 0 Å². The normalized spacial score (nSPS) is 18.8. The molecule has 0 bridgehead atoms. The lowest BCUT2D eigenvalue weighted by Gasteiger charge is -2.26. The lowest BCUT2D eigenvalue weighted by Crippen LogP contribution is -2.47. The molecule has 1 aliphatic heterocycles. The predicted octanol–water partition coefficient (Wildman–Crippen LogP) is 1.11. The van der Waals surface area contributed by atoms with Crippen molar-refractivity contribution < 1.29 is 18.7 Å². The molecule has 2 heterocycles. The third-order valence-corrected chi connectivity index (χ3v) is 4.50. The van der Waals surface area contributed by atoms with Crippen LogP contribution in [0.3, 0.4) is 0 Å². The van der Waals surface area contributed by atoms with Gasteiger partial charge in [0.1, 0.15) is 17.2 Å². The van der Waals surface area contributed by atoms with E-state index in [0.29, 0.717) is 30.5 Å². The Labute approximate surface area is 144 Å². The van der Waals surface area contributed by atoms with Crippen molar-refractivity contribution in [2.24, 2.45) is 0 Å². The Morgan fingerprint density at radius 2 is 2.00 bits per heavy atom. The van der Waals surface area contributed by atoms with Crippen LogP contribution in [0.15, 0.2) is 39.5 Å². The Balaban J connectivity index is 1.92. The van der Waals surface area contributed by atoms with Gasteiger partial charge in [-0.1, -0.05) is 18.2 Å². The molecule has 0 radical (unpaired) electrons. The average molecular weight is 344 g/mol. The van der Waals surface area contributed by atoms with Gasteiger partial charge >= 0.3 is 11.6 Å². The van der Waals surface area contributed by atoms with Gasteiger partial charge in [-0.3, -0.25) is 14.5 Å². The fraction of sp³-hybridized carbons (Fsp3) is 0.389. The molecule has 0 N–H and O–H groups in total. The van der Waals surface area contributed by atoms with Crippen LogP contribution >= 0.6 is 0 Å². The van der Waals surface area contributed by atoms with Gasteiger partial charge in [0.05, 0.1) is 7.11 Å². The number of carbonyl (C=O) groups excluding carboxylic acids is 2. The van der Waals surface area contributed by atoms with Crippen LogP contribution in [-0.2, 0) is 9.53 Å². The number of hydrogen-bond acceptors (Lipinski definition) is 6. The molecule has 1 atom stereocenters. The summed E-state index contributed by atoms with van der Waals surface area (Å²) in [5, 5.41) is 0.682. The number of nitrogens with zero attached hydrogens (tertiary/aromatic N) is 2. The summed E-state index contributed by atoms with van der Waals surface area (Å²) < 4.78 is 10.1. The topological polar surface area (TPSA) is 80.1 Å². The Hall–Kier alpha value is -2.67. The summed E-state index contributed by atoms with van der Waals surface area (Å²) in [5.74, 6) is -0.823. The Kier molecular flexibility index (Phi) is 4.85. The van der Waals surface area contributed by atoms with E-state index in [9.17, 15) is 14.4 Å². The van der Waals surface area contributed by atoms with Crippen LogP contribution in [0.1, 0.15) is 16.8 Å². The molecule has 0 aliphatic carbocycles. The number of likely N-dealkylation sites (N-methyl/N-ethyl adjacent to an activating group) is 1. The summed E-state index contributed by atoms with van der Waals surface area (Å²) in [6.45, 7) is 1.30. The summed E-state index contributed by atoms with van der Waals surface area (Å²) in [6.07, 6.45) is 0.703. The molecule has 0 spiro atoms. The van der Waals surface area contributed by atoms with Crippen molar-refractivity contribution in [2.75, 3.05) is 33.8 Å². The second-order valence-corrected chi connectivity index (χ2v) is 6.11. The molecule has 1 fully saturated rings. The second kappa shape index (κ2) is 7.06. The number of esters is 1. The maximum Gasteiger partial charge on any atom is 0.349 e. The molecule has 1 saturated heterocycles. The van der Waals surface area contributed by atoms with Crippen LogP contribution in [0.5, 0.6) is 0 Å². The predicted molar refractivity (Wildman–Crippen MR) is 91.4 cm³/mol. The van der Waals surface area contributed by atoms with E-state index >= 15 is 0 Å². The highest BCUT2D eigenvalue weighted by Gasteiger charge is 2.32.